The summed E-state index contributed by atoms with van der Waals surface area (Å²) < 4.78 is 26.6. The lowest BCUT2D eigenvalue weighted by molar-refractivity contribution is 0.154. The first-order valence-electron chi connectivity index (χ1n) is 7.42. The van der Waals surface area contributed by atoms with Crippen LogP contribution in [0.1, 0.15) is 25.0 Å². The number of hydrogen-bond donors (Lipinski definition) is 1. The number of piperazine rings is 1. The van der Waals surface area contributed by atoms with Gasteiger partial charge in [0.25, 0.3) is 0 Å². The van der Waals surface area contributed by atoms with Gasteiger partial charge in [0, 0.05) is 38.8 Å². The molecule has 118 valence electrons. The third-order valence-electron chi connectivity index (χ3n) is 4.00. The molecule has 2 N–H and O–H groups in total. The zero-order valence-corrected chi connectivity index (χ0v) is 13.6. The molecule has 5 nitrogen and oxygen atoms in total. The fourth-order valence-electron chi connectivity index (χ4n) is 2.57. The molecule has 0 bridgehead atoms. The molecule has 1 aromatic rings. The molecule has 0 saturated carbocycles. The molecule has 1 heterocycles. The van der Waals surface area contributed by atoms with Gasteiger partial charge in [-0.25, -0.2) is 8.42 Å². The van der Waals surface area contributed by atoms with E-state index in [9.17, 15) is 8.42 Å². The number of benzene rings is 1. The van der Waals surface area contributed by atoms with Crippen molar-refractivity contribution in [2.24, 2.45) is 5.73 Å². The second kappa shape index (κ2) is 6.87. The van der Waals surface area contributed by atoms with Crippen LogP contribution in [0.25, 0.3) is 0 Å². The highest BCUT2D eigenvalue weighted by Crippen LogP contribution is 2.15. The largest absolute Gasteiger partial charge is 0.326 e. The zero-order chi connectivity index (χ0) is 15.5. The molecule has 1 aromatic carbocycles. The van der Waals surface area contributed by atoms with Crippen LogP contribution in [0.5, 0.6) is 0 Å². The number of sulfonamides is 1. The zero-order valence-electron chi connectivity index (χ0n) is 12.8. The average Bonchev–Trinajstić information content (AvgIpc) is 2.48. The molecule has 0 aliphatic carbocycles. The van der Waals surface area contributed by atoms with E-state index >= 15 is 0 Å². The monoisotopic (exact) mass is 311 g/mol. The van der Waals surface area contributed by atoms with Gasteiger partial charge in [-0.1, -0.05) is 24.3 Å². The predicted octanol–water partition coefficient (Wildman–Crippen LogP) is 1.00. The minimum Gasteiger partial charge on any atom is -0.326 e. The average molecular weight is 311 g/mol. The quantitative estimate of drug-likeness (QED) is 0.881. The van der Waals surface area contributed by atoms with Gasteiger partial charge in [0.1, 0.15) is 0 Å². The molecule has 2 rings (SSSR count). The normalized spacial score (nSPS) is 18.3. The molecule has 1 aliphatic heterocycles. The molecular weight excluding hydrogens is 286 g/mol. The van der Waals surface area contributed by atoms with Gasteiger partial charge >= 0.3 is 0 Å². The number of nitrogens with zero attached hydrogens (tertiary/aromatic N) is 2. The SMILES string of the molecule is CC(C)N1CCN(S(=O)(=O)Cc2ccc(CN)cc2)CC1. The number of hydrogen-bond acceptors (Lipinski definition) is 4. The van der Waals surface area contributed by atoms with Crippen molar-refractivity contribution in [3.8, 4) is 0 Å². The third-order valence-corrected chi connectivity index (χ3v) is 5.85. The second-order valence-corrected chi connectivity index (χ2v) is 7.77. The molecule has 0 atom stereocenters. The molecule has 0 radical (unpaired) electrons. The Labute approximate surface area is 127 Å². The Morgan fingerprint density at radius 3 is 2.05 bits per heavy atom. The van der Waals surface area contributed by atoms with Crippen LogP contribution in [0.4, 0.5) is 0 Å². The van der Waals surface area contributed by atoms with E-state index in [2.05, 4.69) is 18.7 Å². The molecule has 0 spiro atoms. The van der Waals surface area contributed by atoms with E-state index in [1.54, 1.807) is 4.31 Å². The summed E-state index contributed by atoms with van der Waals surface area (Å²) in [6.45, 7) is 7.55. The van der Waals surface area contributed by atoms with Crippen LogP contribution in [0, 0.1) is 0 Å². The highest BCUT2D eigenvalue weighted by Gasteiger charge is 2.27. The maximum absolute atomic E-state index is 12.5. The first-order valence-corrected chi connectivity index (χ1v) is 9.03. The Morgan fingerprint density at radius 2 is 1.57 bits per heavy atom. The molecular formula is C15H25N3O2S. The van der Waals surface area contributed by atoms with Gasteiger partial charge in [0.2, 0.25) is 10.0 Å². The maximum Gasteiger partial charge on any atom is 0.218 e. The highest BCUT2D eigenvalue weighted by molar-refractivity contribution is 7.88. The summed E-state index contributed by atoms with van der Waals surface area (Å²) in [6, 6.07) is 7.95. The van der Waals surface area contributed by atoms with Crippen molar-refractivity contribution in [2.45, 2.75) is 32.2 Å². The molecule has 0 aromatic heterocycles. The summed E-state index contributed by atoms with van der Waals surface area (Å²) in [7, 11) is -3.23. The van der Waals surface area contributed by atoms with E-state index in [0.717, 1.165) is 24.2 Å². The number of rotatable bonds is 5. The van der Waals surface area contributed by atoms with Crippen molar-refractivity contribution >= 4 is 10.0 Å². The summed E-state index contributed by atoms with van der Waals surface area (Å²) in [5, 5.41) is 0. The van der Waals surface area contributed by atoms with Crippen LogP contribution in [0.3, 0.4) is 0 Å². The Bertz CT molecular complexity index is 547. The second-order valence-electron chi connectivity index (χ2n) is 5.81. The first kappa shape index (κ1) is 16.4. The molecule has 1 aliphatic rings. The minimum absolute atomic E-state index is 0.0690. The first-order chi connectivity index (χ1) is 9.92. The van der Waals surface area contributed by atoms with Crippen LogP contribution in [-0.2, 0) is 22.3 Å². The molecule has 0 amide bonds. The summed E-state index contributed by atoms with van der Waals surface area (Å²) in [5.74, 6) is 0.0690. The van der Waals surface area contributed by atoms with Crippen molar-refractivity contribution in [3.05, 3.63) is 35.4 Å². The highest BCUT2D eigenvalue weighted by atomic mass is 32.2. The van der Waals surface area contributed by atoms with Crippen LogP contribution >= 0.6 is 0 Å². The smallest absolute Gasteiger partial charge is 0.218 e. The lowest BCUT2D eigenvalue weighted by Crippen LogP contribution is -2.50. The summed E-state index contributed by atoms with van der Waals surface area (Å²) in [5.41, 5.74) is 7.38. The van der Waals surface area contributed by atoms with E-state index < -0.39 is 10.0 Å². The minimum atomic E-state index is -3.23. The maximum atomic E-state index is 12.5. The van der Waals surface area contributed by atoms with E-state index in [-0.39, 0.29) is 5.75 Å². The summed E-state index contributed by atoms with van der Waals surface area (Å²) in [6.07, 6.45) is 0. The Morgan fingerprint density at radius 1 is 1.05 bits per heavy atom. The van der Waals surface area contributed by atoms with Gasteiger partial charge in [0.05, 0.1) is 5.75 Å². The van der Waals surface area contributed by atoms with Crippen LogP contribution in [0.2, 0.25) is 0 Å². The van der Waals surface area contributed by atoms with Gasteiger partial charge in [-0.2, -0.15) is 4.31 Å². The van der Waals surface area contributed by atoms with Gasteiger partial charge in [-0.3, -0.25) is 4.90 Å². The fraction of sp³-hybridized carbons (Fsp3) is 0.600. The van der Waals surface area contributed by atoms with E-state index in [0.29, 0.717) is 25.7 Å². The van der Waals surface area contributed by atoms with Crippen LogP contribution in [-0.4, -0.2) is 49.8 Å². The lowest BCUT2D eigenvalue weighted by Gasteiger charge is -2.36. The van der Waals surface area contributed by atoms with Gasteiger partial charge in [0.15, 0.2) is 0 Å². The summed E-state index contributed by atoms with van der Waals surface area (Å²) in [4.78, 5) is 2.31. The Balaban J connectivity index is 1.98. The Kier molecular flexibility index (Phi) is 5.37. The van der Waals surface area contributed by atoms with Crippen molar-refractivity contribution in [1.82, 2.24) is 9.21 Å². The van der Waals surface area contributed by atoms with Gasteiger partial charge in [-0.15, -0.1) is 0 Å². The topological polar surface area (TPSA) is 66.6 Å². The molecule has 1 fully saturated rings. The van der Waals surface area contributed by atoms with E-state index in [4.69, 9.17) is 5.73 Å². The standard InChI is InChI=1S/C15H25N3O2S/c1-13(2)17-7-9-18(10-8-17)21(19,20)12-15-5-3-14(11-16)4-6-15/h3-6,13H,7-12,16H2,1-2H3. The predicted molar refractivity (Wildman–Crippen MR) is 85.2 cm³/mol. The van der Waals surface area contributed by atoms with Crippen molar-refractivity contribution in [1.29, 1.82) is 0 Å². The Hall–Kier alpha value is -0.950. The van der Waals surface area contributed by atoms with Crippen molar-refractivity contribution < 1.29 is 8.42 Å². The molecule has 0 unspecified atom stereocenters. The van der Waals surface area contributed by atoms with E-state index in [1.807, 2.05) is 24.3 Å². The van der Waals surface area contributed by atoms with Gasteiger partial charge < -0.3 is 5.73 Å². The van der Waals surface area contributed by atoms with Crippen LogP contribution < -0.4 is 5.73 Å². The van der Waals surface area contributed by atoms with E-state index in [1.165, 1.54) is 0 Å². The molecule has 21 heavy (non-hydrogen) atoms. The van der Waals surface area contributed by atoms with Crippen LogP contribution in [0.15, 0.2) is 24.3 Å². The summed E-state index contributed by atoms with van der Waals surface area (Å²) >= 11 is 0. The van der Waals surface area contributed by atoms with Crippen molar-refractivity contribution in [2.75, 3.05) is 26.2 Å². The van der Waals surface area contributed by atoms with Crippen molar-refractivity contribution in [3.63, 3.8) is 0 Å². The fourth-order valence-corrected chi connectivity index (χ4v) is 4.09. The van der Waals surface area contributed by atoms with Gasteiger partial charge in [-0.05, 0) is 25.0 Å². The number of nitrogens with two attached hydrogens (primary N) is 1. The molecule has 1 saturated heterocycles. The third kappa shape index (κ3) is 4.26. The lowest BCUT2D eigenvalue weighted by atomic mass is 10.1. The molecule has 6 heteroatoms.